The molecule has 2 N–H and O–H groups in total. The number of nitrogens with one attached hydrogen (secondary N) is 2. The highest BCUT2D eigenvalue weighted by Crippen LogP contribution is 2.21. The lowest BCUT2D eigenvalue weighted by atomic mass is 10.2. The first-order valence-corrected chi connectivity index (χ1v) is 6.35. The average Bonchev–Trinajstić information content (AvgIpc) is 3.09. The number of aromatic nitrogens is 5. The molecule has 0 saturated heterocycles. The molecule has 0 fully saturated rings. The predicted octanol–water partition coefficient (Wildman–Crippen LogP) is 1.73. The van der Waals surface area contributed by atoms with E-state index in [2.05, 4.69) is 30.9 Å². The van der Waals surface area contributed by atoms with Crippen LogP contribution >= 0.6 is 0 Å². The van der Waals surface area contributed by atoms with Gasteiger partial charge in [0.15, 0.2) is 0 Å². The van der Waals surface area contributed by atoms with E-state index in [1.165, 1.54) is 6.20 Å². The highest BCUT2D eigenvalue weighted by Gasteiger charge is 2.05. The van der Waals surface area contributed by atoms with Crippen LogP contribution in [0.25, 0.3) is 16.5 Å². The standard InChI is InChI=1S/C14H11N7O/c1-22-13-5-2-9-6-11(3-4-12(9)17-13)16-8-10(7-15)14-18-20-21-19-14/h2-6,8,16H,1H3,(H,18,19,20,21). The molecule has 0 aliphatic rings. The Hall–Kier alpha value is -3.47. The number of hydrogen-bond acceptors (Lipinski definition) is 7. The Morgan fingerprint density at radius 1 is 1.36 bits per heavy atom. The fraction of sp³-hybridized carbons (Fsp3) is 0.0714. The maximum Gasteiger partial charge on any atom is 0.216 e. The van der Waals surface area contributed by atoms with Gasteiger partial charge in [-0.3, -0.25) is 0 Å². The first kappa shape index (κ1) is 13.5. The van der Waals surface area contributed by atoms with Crippen molar-refractivity contribution in [2.24, 2.45) is 0 Å². The number of hydrogen-bond donors (Lipinski definition) is 2. The second-order valence-corrected chi connectivity index (χ2v) is 4.31. The number of nitrogens with zero attached hydrogens (tertiary/aromatic N) is 5. The minimum Gasteiger partial charge on any atom is -0.481 e. The molecule has 1 aromatic carbocycles. The SMILES string of the molecule is COc1ccc2cc(NC=C(C#N)c3nn[nH]n3)ccc2n1. The van der Waals surface area contributed by atoms with Crippen LogP contribution in [0.15, 0.2) is 36.5 Å². The number of methoxy groups -OCH3 is 1. The van der Waals surface area contributed by atoms with Gasteiger partial charge in [0.2, 0.25) is 11.7 Å². The lowest BCUT2D eigenvalue weighted by Gasteiger charge is -2.05. The Balaban J connectivity index is 1.86. The lowest BCUT2D eigenvalue weighted by Crippen LogP contribution is -1.93. The largest absolute Gasteiger partial charge is 0.481 e. The zero-order valence-electron chi connectivity index (χ0n) is 11.6. The molecule has 108 valence electrons. The number of tetrazole rings is 1. The van der Waals surface area contributed by atoms with Crippen LogP contribution in [-0.2, 0) is 0 Å². The van der Waals surface area contributed by atoms with Gasteiger partial charge in [-0.1, -0.05) is 0 Å². The molecule has 2 heterocycles. The van der Waals surface area contributed by atoms with Crippen LogP contribution < -0.4 is 10.1 Å². The number of ether oxygens (including phenoxy) is 1. The van der Waals surface area contributed by atoms with E-state index in [0.29, 0.717) is 5.88 Å². The topological polar surface area (TPSA) is 112 Å². The molecule has 8 nitrogen and oxygen atoms in total. The highest BCUT2D eigenvalue weighted by atomic mass is 16.5. The summed E-state index contributed by atoms with van der Waals surface area (Å²) in [5.74, 6) is 0.805. The summed E-state index contributed by atoms with van der Waals surface area (Å²) < 4.78 is 5.09. The number of anilines is 1. The van der Waals surface area contributed by atoms with Crippen molar-refractivity contribution in [2.45, 2.75) is 0 Å². The maximum atomic E-state index is 9.10. The van der Waals surface area contributed by atoms with E-state index in [-0.39, 0.29) is 11.4 Å². The summed E-state index contributed by atoms with van der Waals surface area (Å²) in [6.45, 7) is 0. The van der Waals surface area contributed by atoms with Crippen molar-refractivity contribution < 1.29 is 4.74 Å². The quantitative estimate of drug-likeness (QED) is 0.704. The molecule has 3 aromatic rings. The monoisotopic (exact) mass is 293 g/mol. The smallest absolute Gasteiger partial charge is 0.216 e. The number of aromatic amines is 1. The minimum absolute atomic E-state index is 0.238. The Kier molecular flexibility index (Phi) is 3.61. The molecule has 0 bridgehead atoms. The van der Waals surface area contributed by atoms with Gasteiger partial charge >= 0.3 is 0 Å². The second kappa shape index (κ2) is 5.88. The van der Waals surface area contributed by atoms with Crippen molar-refractivity contribution >= 4 is 22.2 Å². The fourth-order valence-electron chi connectivity index (χ4n) is 1.89. The van der Waals surface area contributed by atoms with Crippen molar-refractivity contribution in [1.29, 1.82) is 5.26 Å². The van der Waals surface area contributed by atoms with Crippen LogP contribution in [-0.4, -0.2) is 32.7 Å². The summed E-state index contributed by atoms with van der Waals surface area (Å²) in [5.41, 5.74) is 1.92. The minimum atomic E-state index is 0.238. The zero-order chi connectivity index (χ0) is 15.4. The van der Waals surface area contributed by atoms with E-state index >= 15 is 0 Å². The van der Waals surface area contributed by atoms with Crippen molar-refractivity contribution in [3.8, 4) is 11.9 Å². The molecular formula is C14H11N7O. The van der Waals surface area contributed by atoms with Crippen LogP contribution in [0.5, 0.6) is 5.88 Å². The molecule has 0 atom stereocenters. The molecule has 0 aliphatic carbocycles. The van der Waals surface area contributed by atoms with Gasteiger partial charge in [-0.15, -0.1) is 10.2 Å². The van der Waals surface area contributed by atoms with Gasteiger partial charge in [0.05, 0.1) is 12.6 Å². The molecule has 0 aliphatic heterocycles. The zero-order valence-corrected chi connectivity index (χ0v) is 11.6. The molecule has 0 spiro atoms. The second-order valence-electron chi connectivity index (χ2n) is 4.31. The third-order valence-electron chi connectivity index (χ3n) is 2.96. The third-order valence-corrected chi connectivity index (χ3v) is 2.96. The molecule has 3 rings (SSSR count). The van der Waals surface area contributed by atoms with E-state index in [1.807, 2.05) is 30.3 Å². The van der Waals surface area contributed by atoms with E-state index < -0.39 is 0 Å². The number of fused-ring (bicyclic) bond motifs is 1. The van der Waals surface area contributed by atoms with Crippen molar-refractivity contribution in [1.82, 2.24) is 25.6 Å². The number of allylic oxidation sites excluding steroid dienone is 1. The molecule has 0 amide bonds. The maximum absolute atomic E-state index is 9.10. The highest BCUT2D eigenvalue weighted by molar-refractivity contribution is 5.83. The molecule has 0 radical (unpaired) electrons. The van der Waals surface area contributed by atoms with Crippen LogP contribution in [0, 0.1) is 11.3 Å². The molecule has 0 saturated carbocycles. The summed E-state index contributed by atoms with van der Waals surface area (Å²) >= 11 is 0. The molecule has 22 heavy (non-hydrogen) atoms. The normalized spacial score (nSPS) is 11.2. The van der Waals surface area contributed by atoms with Crippen LogP contribution in [0.4, 0.5) is 5.69 Å². The summed E-state index contributed by atoms with van der Waals surface area (Å²) in [6, 6.07) is 11.4. The van der Waals surface area contributed by atoms with Crippen molar-refractivity contribution in [2.75, 3.05) is 12.4 Å². The Morgan fingerprint density at radius 3 is 3.00 bits per heavy atom. The van der Waals surface area contributed by atoms with Crippen molar-refractivity contribution in [3.05, 3.63) is 42.4 Å². The Morgan fingerprint density at radius 2 is 2.27 bits per heavy atom. The Bertz CT molecular complexity index is 865. The summed E-state index contributed by atoms with van der Waals surface area (Å²) in [6.07, 6.45) is 1.53. The van der Waals surface area contributed by atoms with E-state index in [4.69, 9.17) is 10.00 Å². The van der Waals surface area contributed by atoms with Gasteiger partial charge in [-0.05, 0) is 29.5 Å². The van der Waals surface area contributed by atoms with E-state index in [0.717, 1.165) is 16.6 Å². The third kappa shape index (κ3) is 2.69. The van der Waals surface area contributed by atoms with Gasteiger partial charge in [-0.25, -0.2) is 4.98 Å². The summed E-state index contributed by atoms with van der Waals surface area (Å²) in [5, 5.41) is 26.4. The van der Waals surface area contributed by atoms with Gasteiger partial charge in [0.1, 0.15) is 11.6 Å². The first-order chi connectivity index (χ1) is 10.8. The van der Waals surface area contributed by atoms with Crippen LogP contribution in [0.2, 0.25) is 0 Å². The number of H-pyrrole nitrogens is 1. The lowest BCUT2D eigenvalue weighted by molar-refractivity contribution is 0.399. The molecule has 2 aromatic heterocycles. The van der Waals surface area contributed by atoms with E-state index in [9.17, 15) is 0 Å². The number of nitriles is 1. The van der Waals surface area contributed by atoms with Crippen molar-refractivity contribution in [3.63, 3.8) is 0 Å². The van der Waals surface area contributed by atoms with Gasteiger partial charge < -0.3 is 10.1 Å². The van der Waals surface area contributed by atoms with Gasteiger partial charge in [-0.2, -0.15) is 10.5 Å². The fourth-order valence-corrected chi connectivity index (χ4v) is 1.89. The Labute approximate surface area is 125 Å². The number of pyridine rings is 1. The summed E-state index contributed by atoms with van der Waals surface area (Å²) in [4.78, 5) is 4.34. The average molecular weight is 293 g/mol. The van der Waals surface area contributed by atoms with Gasteiger partial charge in [0.25, 0.3) is 0 Å². The van der Waals surface area contributed by atoms with E-state index in [1.54, 1.807) is 13.2 Å². The number of rotatable bonds is 4. The molecule has 0 unspecified atom stereocenters. The molecule has 8 heteroatoms. The van der Waals surface area contributed by atoms with Crippen LogP contribution in [0.3, 0.4) is 0 Å². The predicted molar refractivity (Wildman–Crippen MR) is 79.7 cm³/mol. The number of benzene rings is 1. The molecular weight excluding hydrogens is 282 g/mol. The first-order valence-electron chi connectivity index (χ1n) is 6.35. The summed E-state index contributed by atoms with van der Waals surface area (Å²) in [7, 11) is 1.58. The van der Waals surface area contributed by atoms with Crippen LogP contribution in [0.1, 0.15) is 5.82 Å². The van der Waals surface area contributed by atoms with Gasteiger partial charge in [0, 0.05) is 23.3 Å².